The Bertz CT molecular complexity index is 578. The van der Waals surface area contributed by atoms with Crippen LogP contribution in [-0.2, 0) is 14.4 Å². The van der Waals surface area contributed by atoms with Crippen LogP contribution in [0.3, 0.4) is 0 Å². The van der Waals surface area contributed by atoms with Crippen LogP contribution in [0.25, 0.3) is 0 Å². The predicted octanol–water partition coefficient (Wildman–Crippen LogP) is -0.175. The number of carbonyl (C=O) groups excluding carboxylic acids is 2. The van der Waals surface area contributed by atoms with Crippen LogP contribution in [0, 0.1) is 11.3 Å². The van der Waals surface area contributed by atoms with E-state index in [4.69, 9.17) is 5.26 Å². The molecule has 0 saturated carbocycles. The predicted molar refractivity (Wildman–Crippen MR) is 70.1 cm³/mol. The average molecular weight is 293 g/mol. The number of amides is 2. The van der Waals surface area contributed by atoms with Crippen LogP contribution in [-0.4, -0.2) is 45.0 Å². The van der Waals surface area contributed by atoms with Crippen molar-refractivity contribution in [1.29, 1.82) is 5.26 Å². The van der Waals surface area contributed by atoms with Crippen molar-refractivity contribution in [3.8, 4) is 6.07 Å². The minimum atomic E-state index is -1.19. The zero-order chi connectivity index (χ0) is 14.9. The van der Waals surface area contributed by atoms with Gasteiger partial charge in [-0.2, -0.15) is 5.26 Å². The molecule has 2 aliphatic heterocycles. The molecular weight excluding hydrogens is 282 g/mol. The first-order chi connectivity index (χ1) is 9.51. The molecule has 0 aromatic rings. The Morgan fingerprint density at radius 2 is 2.35 bits per heavy atom. The van der Waals surface area contributed by atoms with Crippen molar-refractivity contribution < 1.29 is 19.5 Å². The summed E-state index contributed by atoms with van der Waals surface area (Å²) in [5.41, 5.74) is 0.397. The normalized spacial score (nSPS) is 24.4. The number of nitrogens with zero attached hydrogens (tertiary/aromatic N) is 2. The van der Waals surface area contributed by atoms with Gasteiger partial charge in [-0.05, 0) is 5.57 Å². The van der Waals surface area contributed by atoms with E-state index >= 15 is 0 Å². The monoisotopic (exact) mass is 293 g/mol. The van der Waals surface area contributed by atoms with Crippen molar-refractivity contribution in [2.75, 3.05) is 5.75 Å². The molecule has 2 heterocycles. The lowest BCUT2D eigenvalue weighted by molar-refractivity contribution is -0.150. The Morgan fingerprint density at radius 3 is 2.90 bits per heavy atom. The number of carboxylic acids is 1. The van der Waals surface area contributed by atoms with Crippen LogP contribution in [0.4, 0.5) is 0 Å². The van der Waals surface area contributed by atoms with Crippen molar-refractivity contribution >= 4 is 29.5 Å². The molecule has 0 aromatic heterocycles. The standard InChI is InChI=1S/C12H11N3O4S/c1-2-6-5-20-11-8(14-7(16)3-4-13)10(17)15(11)9(6)12(18)19/h2,8,11H,1,3,5H2,(H,14,16)(H,18,19)/t8-,11-/m1/s1. The first-order valence-corrected chi connectivity index (χ1v) is 6.76. The first kappa shape index (κ1) is 14.1. The summed E-state index contributed by atoms with van der Waals surface area (Å²) in [6.07, 6.45) is 1.09. The van der Waals surface area contributed by atoms with Gasteiger partial charge in [0, 0.05) is 5.75 Å². The van der Waals surface area contributed by atoms with Gasteiger partial charge in [0.15, 0.2) is 0 Å². The number of hydrogen-bond donors (Lipinski definition) is 2. The van der Waals surface area contributed by atoms with E-state index in [1.165, 1.54) is 17.8 Å². The smallest absolute Gasteiger partial charge is 0.352 e. The second-order valence-corrected chi connectivity index (χ2v) is 5.28. The van der Waals surface area contributed by atoms with E-state index in [1.54, 1.807) is 6.07 Å². The van der Waals surface area contributed by atoms with Crippen LogP contribution in [0.1, 0.15) is 6.42 Å². The van der Waals surface area contributed by atoms with Crippen LogP contribution < -0.4 is 5.32 Å². The number of nitriles is 1. The SMILES string of the molecule is C=CC1=C(C(=O)O)N2C(=O)[C@@H](NC(=O)CC#N)[C@H]2SC1. The molecule has 0 unspecified atom stereocenters. The molecule has 7 nitrogen and oxygen atoms in total. The van der Waals surface area contributed by atoms with Crippen molar-refractivity contribution in [2.45, 2.75) is 17.8 Å². The van der Waals surface area contributed by atoms with Crippen LogP contribution in [0.2, 0.25) is 0 Å². The van der Waals surface area contributed by atoms with Gasteiger partial charge in [0.05, 0.1) is 6.07 Å². The molecule has 2 aliphatic rings. The van der Waals surface area contributed by atoms with Crippen molar-refractivity contribution in [2.24, 2.45) is 0 Å². The zero-order valence-corrected chi connectivity index (χ0v) is 11.1. The Kier molecular flexibility index (Phi) is 3.81. The molecule has 0 radical (unpaired) electrons. The number of allylic oxidation sites excluding steroid dienone is 1. The molecule has 20 heavy (non-hydrogen) atoms. The summed E-state index contributed by atoms with van der Waals surface area (Å²) in [6.45, 7) is 3.54. The quantitative estimate of drug-likeness (QED) is 0.696. The second-order valence-electron chi connectivity index (χ2n) is 4.17. The summed E-state index contributed by atoms with van der Waals surface area (Å²) < 4.78 is 0. The second kappa shape index (κ2) is 5.38. The number of carbonyl (C=O) groups is 3. The van der Waals surface area contributed by atoms with Gasteiger partial charge >= 0.3 is 5.97 Å². The third kappa shape index (κ3) is 2.16. The summed E-state index contributed by atoms with van der Waals surface area (Å²) >= 11 is 1.35. The molecule has 0 bridgehead atoms. The van der Waals surface area contributed by atoms with Gasteiger partial charge in [0.1, 0.15) is 23.5 Å². The number of fused-ring (bicyclic) bond motifs is 1. The van der Waals surface area contributed by atoms with E-state index in [-0.39, 0.29) is 12.1 Å². The number of carboxylic acid groups (broad SMARTS) is 1. The number of nitrogens with one attached hydrogen (secondary N) is 1. The van der Waals surface area contributed by atoms with E-state index in [9.17, 15) is 19.5 Å². The molecule has 2 amide bonds. The largest absolute Gasteiger partial charge is 0.477 e. The topological polar surface area (TPSA) is 110 Å². The molecule has 0 aliphatic carbocycles. The van der Waals surface area contributed by atoms with Gasteiger partial charge in [-0.15, -0.1) is 11.8 Å². The molecule has 2 atom stereocenters. The van der Waals surface area contributed by atoms with Gasteiger partial charge in [0.2, 0.25) is 5.91 Å². The Hall–Kier alpha value is -2.27. The fraction of sp³-hybridized carbons (Fsp3) is 0.333. The van der Waals surface area contributed by atoms with Crippen molar-refractivity contribution in [3.05, 3.63) is 23.9 Å². The molecule has 2 N–H and O–H groups in total. The lowest BCUT2D eigenvalue weighted by Gasteiger charge is -2.49. The van der Waals surface area contributed by atoms with Crippen LogP contribution >= 0.6 is 11.8 Å². The Balaban J connectivity index is 2.19. The maximum atomic E-state index is 12.0. The highest BCUT2D eigenvalue weighted by Gasteiger charge is 2.53. The number of β-lactam (4-membered cyclic amide) rings is 1. The van der Waals surface area contributed by atoms with E-state index in [1.807, 2.05) is 0 Å². The van der Waals surface area contributed by atoms with Gasteiger partial charge in [0.25, 0.3) is 5.91 Å². The number of thioether (sulfide) groups is 1. The highest BCUT2D eigenvalue weighted by atomic mass is 32.2. The van der Waals surface area contributed by atoms with Gasteiger partial charge in [-0.25, -0.2) is 4.79 Å². The summed E-state index contributed by atoms with van der Waals surface area (Å²) in [5.74, 6) is -1.81. The van der Waals surface area contributed by atoms with E-state index in [2.05, 4.69) is 11.9 Å². The average Bonchev–Trinajstić information content (AvgIpc) is 2.43. The molecule has 8 heteroatoms. The molecule has 104 valence electrons. The minimum Gasteiger partial charge on any atom is -0.477 e. The minimum absolute atomic E-state index is 0.0838. The van der Waals surface area contributed by atoms with E-state index < -0.39 is 29.2 Å². The maximum absolute atomic E-state index is 12.0. The molecule has 1 fully saturated rings. The zero-order valence-electron chi connectivity index (χ0n) is 10.3. The maximum Gasteiger partial charge on any atom is 0.352 e. The summed E-state index contributed by atoms with van der Waals surface area (Å²) in [5, 5.41) is 19.6. The Morgan fingerprint density at radius 1 is 1.65 bits per heavy atom. The number of hydrogen-bond acceptors (Lipinski definition) is 5. The highest BCUT2D eigenvalue weighted by molar-refractivity contribution is 8.00. The third-order valence-electron chi connectivity index (χ3n) is 3.00. The lowest BCUT2D eigenvalue weighted by atomic mass is 10.0. The third-order valence-corrected chi connectivity index (χ3v) is 4.31. The number of rotatable bonds is 4. The summed E-state index contributed by atoms with van der Waals surface area (Å²) in [6, 6.07) is 0.914. The van der Waals surface area contributed by atoms with E-state index in [0.29, 0.717) is 11.3 Å². The molecule has 1 saturated heterocycles. The fourth-order valence-electron chi connectivity index (χ4n) is 2.10. The van der Waals surface area contributed by atoms with Crippen molar-refractivity contribution in [3.63, 3.8) is 0 Å². The van der Waals surface area contributed by atoms with Crippen LogP contribution in [0.5, 0.6) is 0 Å². The molecule has 2 rings (SSSR count). The molecular formula is C12H11N3O4S. The summed E-state index contributed by atoms with van der Waals surface area (Å²) in [7, 11) is 0. The van der Waals surface area contributed by atoms with Crippen molar-refractivity contribution in [1.82, 2.24) is 10.2 Å². The van der Waals surface area contributed by atoms with Crippen LogP contribution in [0.15, 0.2) is 23.9 Å². The highest BCUT2D eigenvalue weighted by Crippen LogP contribution is 2.40. The first-order valence-electron chi connectivity index (χ1n) is 5.71. The lowest BCUT2D eigenvalue weighted by Crippen LogP contribution is -2.70. The molecule has 0 aromatic carbocycles. The van der Waals surface area contributed by atoms with Gasteiger partial charge < -0.3 is 10.4 Å². The fourth-order valence-corrected chi connectivity index (χ4v) is 3.44. The Labute approximate surface area is 118 Å². The van der Waals surface area contributed by atoms with Gasteiger partial charge in [-0.3, -0.25) is 14.5 Å². The van der Waals surface area contributed by atoms with Gasteiger partial charge in [-0.1, -0.05) is 12.7 Å². The molecule has 0 spiro atoms. The summed E-state index contributed by atoms with van der Waals surface area (Å²) in [4.78, 5) is 35.7. The van der Waals surface area contributed by atoms with E-state index in [0.717, 1.165) is 4.90 Å². The number of aliphatic carboxylic acids is 1.